The second-order valence-corrected chi connectivity index (χ2v) is 5.19. The van der Waals surface area contributed by atoms with Gasteiger partial charge < -0.3 is 15.0 Å². The molecule has 0 bridgehead atoms. The van der Waals surface area contributed by atoms with E-state index in [9.17, 15) is 9.59 Å². The van der Waals surface area contributed by atoms with Crippen LogP contribution in [0.25, 0.3) is 0 Å². The predicted molar refractivity (Wildman–Crippen MR) is 69.0 cm³/mol. The van der Waals surface area contributed by atoms with E-state index in [1.807, 2.05) is 0 Å². The van der Waals surface area contributed by atoms with Crippen LogP contribution in [0.3, 0.4) is 0 Å². The summed E-state index contributed by atoms with van der Waals surface area (Å²) in [5, 5.41) is 3.20. The number of carbonyl (C=O) groups excluding carboxylic acids is 2. The van der Waals surface area contributed by atoms with Crippen molar-refractivity contribution in [2.24, 2.45) is 11.8 Å². The molecule has 104 valence electrons. The maximum absolute atomic E-state index is 12.3. The van der Waals surface area contributed by atoms with E-state index in [2.05, 4.69) is 23.9 Å². The molecule has 1 fully saturated rings. The highest BCUT2D eigenvalue weighted by atomic mass is 16.5. The van der Waals surface area contributed by atoms with Crippen LogP contribution in [0.1, 0.15) is 26.7 Å². The highest BCUT2D eigenvalue weighted by Gasteiger charge is 2.27. The van der Waals surface area contributed by atoms with Crippen LogP contribution >= 0.6 is 0 Å². The Bertz CT molecular complexity index is 286. The van der Waals surface area contributed by atoms with E-state index in [0.717, 1.165) is 19.5 Å². The van der Waals surface area contributed by atoms with Crippen LogP contribution in [-0.4, -0.2) is 50.1 Å². The summed E-state index contributed by atoms with van der Waals surface area (Å²) >= 11 is 0. The van der Waals surface area contributed by atoms with Crippen molar-refractivity contribution in [2.45, 2.75) is 26.7 Å². The van der Waals surface area contributed by atoms with E-state index in [1.54, 1.807) is 4.90 Å². The number of hydrogen-bond donors (Lipinski definition) is 1. The minimum absolute atomic E-state index is 0.0707. The van der Waals surface area contributed by atoms with Gasteiger partial charge in [0.2, 0.25) is 5.91 Å². The molecule has 1 saturated heterocycles. The fourth-order valence-corrected chi connectivity index (χ4v) is 2.18. The van der Waals surface area contributed by atoms with Crippen molar-refractivity contribution < 1.29 is 14.3 Å². The van der Waals surface area contributed by atoms with Crippen LogP contribution in [0.2, 0.25) is 0 Å². The lowest BCUT2D eigenvalue weighted by atomic mass is 10.1. The highest BCUT2D eigenvalue weighted by molar-refractivity contribution is 5.80. The molecular formula is C13H24N2O3. The lowest BCUT2D eigenvalue weighted by Crippen LogP contribution is -2.40. The molecule has 1 amide bonds. The summed E-state index contributed by atoms with van der Waals surface area (Å²) in [6.07, 6.45) is 1.17. The molecule has 0 radical (unpaired) electrons. The molecule has 1 heterocycles. The van der Waals surface area contributed by atoms with Crippen LogP contribution in [0.4, 0.5) is 0 Å². The molecule has 1 atom stereocenters. The van der Waals surface area contributed by atoms with Crippen LogP contribution < -0.4 is 5.32 Å². The summed E-state index contributed by atoms with van der Waals surface area (Å²) in [4.78, 5) is 25.3. The minimum atomic E-state index is -0.263. The molecular weight excluding hydrogens is 232 g/mol. The number of nitrogens with zero attached hydrogens (tertiary/aromatic N) is 1. The molecule has 0 spiro atoms. The standard InChI is InChI=1S/C13H24N2O3/c1-10(2)9-15(7-5-12(16)18-3)13(17)11-4-6-14-8-11/h10-11,14H,4-9H2,1-3H3. The summed E-state index contributed by atoms with van der Waals surface area (Å²) < 4.78 is 4.62. The van der Waals surface area contributed by atoms with Crippen molar-refractivity contribution in [1.29, 1.82) is 0 Å². The van der Waals surface area contributed by atoms with E-state index in [1.165, 1.54) is 7.11 Å². The Morgan fingerprint density at radius 3 is 2.67 bits per heavy atom. The second kappa shape index (κ2) is 7.36. The second-order valence-electron chi connectivity index (χ2n) is 5.19. The molecule has 18 heavy (non-hydrogen) atoms. The quantitative estimate of drug-likeness (QED) is 0.709. The van der Waals surface area contributed by atoms with Gasteiger partial charge >= 0.3 is 5.97 Å². The van der Waals surface area contributed by atoms with Gasteiger partial charge in [-0.15, -0.1) is 0 Å². The van der Waals surface area contributed by atoms with Gasteiger partial charge in [0, 0.05) is 19.6 Å². The molecule has 5 heteroatoms. The van der Waals surface area contributed by atoms with Gasteiger partial charge in [0.25, 0.3) is 0 Å². The van der Waals surface area contributed by atoms with E-state index in [-0.39, 0.29) is 24.2 Å². The third-order valence-corrected chi connectivity index (χ3v) is 3.12. The molecule has 0 aromatic heterocycles. The van der Waals surface area contributed by atoms with Crippen molar-refractivity contribution in [2.75, 3.05) is 33.3 Å². The number of amides is 1. The lowest BCUT2D eigenvalue weighted by Gasteiger charge is -2.26. The summed E-state index contributed by atoms with van der Waals surface area (Å²) in [6, 6.07) is 0. The number of methoxy groups -OCH3 is 1. The summed E-state index contributed by atoms with van der Waals surface area (Å²) in [6.45, 7) is 6.97. The molecule has 1 rings (SSSR count). The van der Waals surface area contributed by atoms with Gasteiger partial charge in [-0.2, -0.15) is 0 Å². The van der Waals surface area contributed by atoms with Gasteiger partial charge in [-0.05, 0) is 18.9 Å². The first-order valence-corrected chi connectivity index (χ1v) is 6.61. The van der Waals surface area contributed by atoms with Crippen molar-refractivity contribution in [3.05, 3.63) is 0 Å². The maximum Gasteiger partial charge on any atom is 0.307 e. The Hall–Kier alpha value is -1.10. The monoisotopic (exact) mass is 256 g/mol. The van der Waals surface area contributed by atoms with E-state index >= 15 is 0 Å². The average molecular weight is 256 g/mol. The Kier molecular flexibility index (Phi) is 6.12. The van der Waals surface area contributed by atoms with Crippen molar-refractivity contribution in [3.63, 3.8) is 0 Å². The number of nitrogens with one attached hydrogen (secondary N) is 1. The van der Waals surface area contributed by atoms with Gasteiger partial charge in [0.15, 0.2) is 0 Å². The largest absolute Gasteiger partial charge is 0.469 e. The number of ether oxygens (including phenoxy) is 1. The molecule has 1 aliphatic heterocycles. The fourth-order valence-electron chi connectivity index (χ4n) is 2.18. The SMILES string of the molecule is COC(=O)CCN(CC(C)C)C(=O)C1CCNC1. The van der Waals surface area contributed by atoms with Crippen molar-refractivity contribution in [3.8, 4) is 0 Å². The van der Waals surface area contributed by atoms with E-state index in [4.69, 9.17) is 0 Å². The molecule has 0 aromatic carbocycles. The first-order chi connectivity index (χ1) is 8.54. The van der Waals surface area contributed by atoms with Crippen LogP contribution in [0, 0.1) is 11.8 Å². The van der Waals surface area contributed by atoms with Crippen molar-refractivity contribution in [1.82, 2.24) is 10.2 Å². The third kappa shape index (κ3) is 4.64. The predicted octanol–water partition coefficient (Wildman–Crippen LogP) is 0.644. The van der Waals surface area contributed by atoms with E-state index < -0.39 is 0 Å². The number of hydrogen-bond acceptors (Lipinski definition) is 4. The minimum Gasteiger partial charge on any atom is -0.469 e. The molecule has 1 N–H and O–H groups in total. The third-order valence-electron chi connectivity index (χ3n) is 3.12. The Morgan fingerprint density at radius 2 is 2.17 bits per heavy atom. The number of esters is 1. The number of rotatable bonds is 6. The number of carbonyl (C=O) groups is 2. The van der Waals surface area contributed by atoms with Gasteiger partial charge in [-0.1, -0.05) is 13.8 Å². The molecule has 0 aliphatic carbocycles. The van der Waals surface area contributed by atoms with Gasteiger partial charge in [0.1, 0.15) is 0 Å². The molecule has 0 aromatic rings. The zero-order chi connectivity index (χ0) is 13.5. The van der Waals surface area contributed by atoms with Crippen LogP contribution in [-0.2, 0) is 14.3 Å². The lowest BCUT2D eigenvalue weighted by molar-refractivity contribution is -0.142. The summed E-state index contributed by atoms with van der Waals surface area (Å²) in [7, 11) is 1.37. The van der Waals surface area contributed by atoms with Crippen LogP contribution in [0.15, 0.2) is 0 Å². The van der Waals surface area contributed by atoms with Crippen LogP contribution in [0.5, 0.6) is 0 Å². The average Bonchev–Trinajstić information content (AvgIpc) is 2.86. The smallest absolute Gasteiger partial charge is 0.307 e. The fraction of sp³-hybridized carbons (Fsp3) is 0.846. The van der Waals surface area contributed by atoms with Crippen molar-refractivity contribution >= 4 is 11.9 Å². The zero-order valence-corrected chi connectivity index (χ0v) is 11.6. The first kappa shape index (κ1) is 15.0. The summed E-state index contributed by atoms with van der Waals surface area (Å²) in [5.74, 6) is 0.376. The van der Waals surface area contributed by atoms with Gasteiger partial charge in [0.05, 0.1) is 19.4 Å². The van der Waals surface area contributed by atoms with E-state index in [0.29, 0.717) is 19.0 Å². The first-order valence-electron chi connectivity index (χ1n) is 6.61. The topological polar surface area (TPSA) is 58.6 Å². The molecule has 0 saturated carbocycles. The normalized spacial score (nSPS) is 19.0. The Balaban J connectivity index is 2.53. The maximum atomic E-state index is 12.3. The molecule has 5 nitrogen and oxygen atoms in total. The molecule has 1 unspecified atom stereocenters. The summed E-state index contributed by atoms with van der Waals surface area (Å²) in [5.41, 5.74) is 0. The zero-order valence-electron chi connectivity index (χ0n) is 11.6. The Morgan fingerprint density at radius 1 is 1.44 bits per heavy atom. The van der Waals surface area contributed by atoms with Gasteiger partial charge in [-0.25, -0.2) is 0 Å². The highest BCUT2D eigenvalue weighted by Crippen LogP contribution is 2.13. The van der Waals surface area contributed by atoms with Gasteiger partial charge in [-0.3, -0.25) is 9.59 Å². The molecule has 1 aliphatic rings. The Labute approximate surface area is 109 Å².